The van der Waals surface area contributed by atoms with Gasteiger partial charge in [0.2, 0.25) is 5.91 Å². The van der Waals surface area contributed by atoms with Crippen molar-refractivity contribution in [3.8, 4) is 0 Å². The summed E-state index contributed by atoms with van der Waals surface area (Å²) in [5.74, 6) is -0.291. The molecular weight excluding hydrogens is 384 g/mol. The van der Waals surface area contributed by atoms with Crippen LogP contribution in [0.5, 0.6) is 0 Å². The Morgan fingerprint density at radius 1 is 1.44 bits per heavy atom. The zero-order chi connectivity index (χ0) is 13.7. The van der Waals surface area contributed by atoms with E-state index in [9.17, 15) is 9.59 Å². The molecule has 0 bridgehead atoms. The number of carbonyl (C=O) groups excluding carboxylic acids is 2. The van der Waals surface area contributed by atoms with Gasteiger partial charge in [-0.05, 0) is 44.3 Å². The molecule has 0 aliphatic rings. The third-order valence-corrected chi connectivity index (χ3v) is 5.40. The van der Waals surface area contributed by atoms with Crippen LogP contribution in [-0.4, -0.2) is 36.9 Å². The summed E-state index contributed by atoms with van der Waals surface area (Å²) in [6, 6.07) is 1.75. The topological polar surface area (TPSA) is 49.4 Å². The molecule has 100 valence electrons. The molecule has 0 aromatic carbocycles. The van der Waals surface area contributed by atoms with Crippen LogP contribution in [0.2, 0.25) is 0 Å². The molecule has 1 rings (SSSR count). The van der Waals surface area contributed by atoms with Gasteiger partial charge in [0.15, 0.2) is 0 Å². The number of likely N-dealkylation sites (N-methyl/N-ethyl adjacent to an activating group) is 1. The zero-order valence-electron chi connectivity index (χ0n) is 10.1. The fraction of sp³-hybridized carbons (Fsp3) is 0.455. The Labute approximate surface area is 127 Å². The molecule has 0 fully saturated rings. The lowest BCUT2D eigenvalue weighted by molar-refractivity contribution is -0.121. The van der Waals surface area contributed by atoms with Crippen LogP contribution in [0.1, 0.15) is 23.0 Å². The molecule has 1 heterocycles. The Morgan fingerprint density at radius 2 is 2.11 bits per heavy atom. The molecule has 2 amide bonds. The molecule has 1 N–H and O–H groups in total. The van der Waals surface area contributed by atoms with E-state index >= 15 is 0 Å². The summed E-state index contributed by atoms with van der Waals surface area (Å²) in [5, 5.41) is 2.74. The van der Waals surface area contributed by atoms with Gasteiger partial charge in [0.05, 0.1) is 15.2 Å². The molecule has 1 aromatic heterocycles. The molecule has 1 aromatic rings. The average Bonchev–Trinajstić information content (AvgIpc) is 2.66. The van der Waals surface area contributed by atoms with E-state index in [1.54, 1.807) is 13.1 Å². The first-order valence-electron chi connectivity index (χ1n) is 5.42. The van der Waals surface area contributed by atoms with Crippen molar-refractivity contribution in [2.24, 2.45) is 0 Å². The first kappa shape index (κ1) is 15.7. The smallest absolute Gasteiger partial charge is 0.264 e. The first-order valence-corrected chi connectivity index (χ1v) is 7.83. The van der Waals surface area contributed by atoms with Crippen LogP contribution in [0.15, 0.2) is 14.3 Å². The number of amides is 2. The normalized spacial score (nSPS) is 10.2. The highest BCUT2D eigenvalue weighted by atomic mass is 79.9. The average molecular weight is 398 g/mol. The highest BCUT2D eigenvalue weighted by Crippen LogP contribution is 2.32. The highest BCUT2D eigenvalue weighted by Gasteiger charge is 2.18. The Morgan fingerprint density at radius 3 is 2.61 bits per heavy atom. The van der Waals surface area contributed by atoms with Crippen molar-refractivity contribution in [2.75, 3.05) is 20.1 Å². The van der Waals surface area contributed by atoms with Gasteiger partial charge in [0.1, 0.15) is 0 Å². The number of hydrogen-bond donors (Lipinski definition) is 1. The predicted molar refractivity (Wildman–Crippen MR) is 80.0 cm³/mol. The largest absolute Gasteiger partial charge is 0.355 e. The molecule has 0 saturated carbocycles. The van der Waals surface area contributed by atoms with E-state index in [0.717, 1.165) is 14.7 Å². The molecular formula is C11H14Br2N2O2S. The van der Waals surface area contributed by atoms with Crippen molar-refractivity contribution in [3.05, 3.63) is 19.2 Å². The van der Waals surface area contributed by atoms with Gasteiger partial charge in [-0.2, -0.15) is 0 Å². The third kappa shape index (κ3) is 4.37. The maximum Gasteiger partial charge on any atom is 0.264 e. The predicted octanol–water partition coefficient (Wildman–Crippen LogP) is 2.87. The maximum atomic E-state index is 12.0. The monoisotopic (exact) mass is 396 g/mol. The zero-order valence-corrected chi connectivity index (χ0v) is 14.1. The van der Waals surface area contributed by atoms with Gasteiger partial charge < -0.3 is 10.2 Å². The van der Waals surface area contributed by atoms with Crippen LogP contribution in [0.3, 0.4) is 0 Å². The van der Waals surface area contributed by atoms with Gasteiger partial charge in [-0.1, -0.05) is 6.92 Å². The number of halogens is 2. The van der Waals surface area contributed by atoms with Crippen LogP contribution in [0, 0.1) is 0 Å². The fourth-order valence-electron chi connectivity index (χ4n) is 1.25. The van der Waals surface area contributed by atoms with E-state index in [2.05, 4.69) is 37.2 Å². The standard InChI is InChI=1S/C11H14Br2N2O2S/c1-3-4-14-9(16)6-15(2)11(17)8-5-7(12)10(13)18-8/h5H,3-4,6H2,1-2H3,(H,14,16). The van der Waals surface area contributed by atoms with Crippen molar-refractivity contribution in [1.82, 2.24) is 10.2 Å². The second-order valence-corrected chi connectivity index (χ2v) is 6.97. The summed E-state index contributed by atoms with van der Waals surface area (Å²) in [5.41, 5.74) is 0. The number of rotatable bonds is 5. The fourth-order valence-corrected chi connectivity index (χ4v) is 3.28. The lowest BCUT2D eigenvalue weighted by Crippen LogP contribution is -2.38. The molecule has 7 heteroatoms. The minimum Gasteiger partial charge on any atom is -0.355 e. The summed E-state index contributed by atoms with van der Waals surface area (Å²) >= 11 is 8.01. The molecule has 0 atom stereocenters. The van der Waals surface area contributed by atoms with Gasteiger partial charge in [-0.25, -0.2) is 0 Å². The van der Waals surface area contributed by atoms with E-state index < -0.39 is 0 Å². The third-order valence-electron chi connectivity index (χ3n) is 2.16. The van der Waals surface area contributed by atoms with Crippen LogP contribution < -0.4 is 5.32 Å². The maximum absolute atomic E-state index is 12.0. The van der Waals surface area contributed by atoms with Crippen molar-refractivity contribution >= 4 is 55.0 Å². The molecule has 4 nitrogen and oxygen atoms in total. The first-order chi connectivity index (χ1) is 8.45. The molecule has 0 aliphatic carbocycles. The molecule has 0 saturated heterocycles. The number of carbonyl (C=O) groups is 2. The Balaban J connectivity index is 2.58. The number of nitrogens with zero attached hydrogens (tertiary/aromatic N) is 1. The van der Waals surface area contributed by atoms with Crippen LogP contribution in [0.25, 0.3) is 0 Å². The van der Waals surface area contributed by atoms with Crippen LogP contribution >= 0.6 is 43.2 Å². The van der Waals surface area contributed by atoms with Gasteiger partial charge in [0, 0.05) is 18.1 Å². The van der Waals surface area contributed by atoms with E-state index in [0.29, 0.717) is 11.4 Å². The second-order valence-electron chi connectivity index (χ2n) is 3.74. The molecule has 18 heavy (non-hydrogen) atoms. The summed E-state index contributed by atoms with van der Waals surface area (Å²) in [6.07, 6.45) is 0.883. The molecule has 0 radical (unpaired) electrons. The van der Waals surface area contributed by atoms with Crippen molar-refractivity contribution < 1.29 is 9.59 Å². The Hall–Kier alpha value is -0.400. The second kappa shape index (κ2) is 7.25. The van der Waals surface area contributed by atoms with Gasteiger partial charge in [-0.15, -0.1) is 11.3 Å². The Bertz CT molecular complexity index is 429. The van der Waals surface area contributed by atoms with Crippen LogP contribution in [0.4, 0.5) is 0 Å². The quantitative estimate of drug-likeness (QED) is 0.830. The van der Waals surface area contributed by atoms with E-state index in [1.807, 2.05) is 6.92 Å². The molecule has 0 spiro atoms. The number of nitrogens with one attached hydrogen (secondary N) is 1. The van der Waals surface area contributed by atoms with Crippen molar-refractivity contribution in [3.63, 3.8) is 0 Å². The van der Waals surface area contributed by atoms with E-state index in [1.165, 1.54) is 16.2 Å². The van der Waals surface area contributed by atoms with Crippen molar-refractivity contribution in [1.29, 1.82) is 0 Å². The Kier molecular flexibility index (Phi) is 6.31. The van der Waals surface area contributed by atoms with E-state index in [-0.39, 0.29) is 18.4 Å². The van der Waals surface area contributed by atoms with Crippen molar-refractivity contribution in [2.45, 2.75) is 13.3 Å². The SMILES string of the molecule is CCCNC(=O)CN(C)C(=O)c1cc(Br)c(Br)s1. The summed E-state index contributed by atoms with van der Waals surface area (Å²) in [4.78, 5) is 25.5. The summed E-state index contributed by atoms with van der Waals surface area (Å²) in [7, 11) is 1.62. The van der Waals surface area contributed by atoms with E-state index in [4.69, 9.17) is 0 Å². The number of hydrogen-bond acceptors (Lipinski definition) is 3. The highest BCUT2D eigenvalue weighted by molar-refractivity contribution is 9.13. The summed E-state index contributed by atoms with van der Waals surface area (Å²) in [6.45, 7) is 2.69. The van der Waals surface area contributed by atoms with Gasteiger partial charge in [-0.3, -0.25) is 9.59 Å². The minimum atomic E-state index is -0.155. The lowest BCUT2D eigenvalue weighted by Gasteiger charge is -2.15. The lowest BCUT2D eigenvalue weighted by atomic mass is 10.4. The minimum absolute atomic E-state index is 0.0754. The number of thiophene rings is 1. The summed E-state index contributed by atoms with van der Waals surface area (Å²) < 4.78 is 1.72. The molecule has 0 aliphatic heterocycles. The van der Waals surface area contributed by atoms with Crippen LogP contribution in [-0.2, 0) is 4.79 Å². The van der Waals surface area contributed by atoms with Gasteiger partial charge >= 0.3 is 0 Å². The molecule has 0 unspecified atom stereocenters. The van der Waals surface area contributed by atoms with Gasteiger partial charge in [0.25, 0.3) is 5.91 Å².